The normalized spacial score (nSPS) is 10.1. The summed E-state index contributed by atoms with van der Waals surface area (Å²) in [5.41, 5.74) is 2.66. The molecular weight excluding hydrogens is 281 g/mol. The first-order chi connectivity index (χ1) is 9.25. The van der Waals surface area contributed by atoms with Crippen LogP contribution in [0.1, 0.15) is 13.8 Å². The molecule has 0 aliphatic rings. The van der Waals surface area contributed by atoms with Crippen molar-refractivity contribution in [2.24, 2.45) is 0 Å². The van der Waals surface area contributed by atoms with Crippen molar-refractivity contribution in [1.29, 1.82) is 0 Å². The molecule has 0 amide bonds. The predicted octanol–water partition coefficient (Wildman–Crippen LogP) is 4.96. The molecule has 0 radical (unpaired) electrons. The molecule has 0 unspecified atom stereocenters. The lowest BCUT2D eigenvalue weighted by molar-refractivity contribution is 1.20. The van der Waals surface area contributed by atoms with Gasteiger partial charge in [-0.1, -0.05) is 49.2 Å². The lowest BCUT2D eigenvalue weighted by Crippen LogP contribution is -1.82. The Morgan fingerprint density at radius 2 is 1.89 bits per heavy atom. The van der Waals surface area contributed by atoms with Gasteiger partial charge in [-0.15, -0.1) is 0 Å². The molecule has 1 N–H and O–H groups in total. The van der Waals surface area contributed by atoms with E-state index in [2.05, 4.69) is 15.0 Å². The molecule has 98 valence electrons. The Morgan fingerprint density at radius 1 is 1.11 bits per heavy atom. The minimum Gasteiger partial charge on any atom is -0.345 e. The number of hydrogen-bond acceptors (Lipinski definition) is 2. The fourth-order valence-corrected chi connectivity index (χ4v) is 2.23. The van der Waals surface area contributed by atoms with Gasteiger partial charge < -0.3 is 4.98 Å². The van der Waals surface area contributed by atoms with Gasteiger partial charge in [0, 0.05) is 16.8 Å². The molecule has 5 heteroatoms. The first kappa shape index (κ1) is 13.8. The summed E-state index contributed by atoms with van der Waals surface area (Å²) < 4.78 is 0. The van der Waals surface area contributed by atoms with Crippen LogP contribution >= 0.6 is 23.2 Å². The summed E-state index contributed by atoms with van der Waals surface area (Å²) in [6.45, 7) is 4.00. The molecule has 19 heavy (non-hydrogen) atoms. The zero-order valence-corrected chi connectivity index (χ0v) is 12.1. The van der Waals surface area contributed by atoms with Crippen LogP contribution < -0.4 is 0 Å². The zero-order valence-electron chi connectivity index (χ0n) is 10.6. The molecule has 0 saturated heterocycles. The first-order valence-electron chi connectivity index (χ1n) is 5.99. The van der Waals surface area contributed by atoms with E-state index in [1.807, 2.05) is 44.3 Å². The minimum atomic E-state index is 0.436. The molecule has 1 aromatic carbocycles. The average molecular weight is 294 g/mol. The molecule has 0 saturated carbocycles. The number of H-pyrrole nitrogens is 1. The van der Waals surface area contributed by atoms with Gasteiger partial charge in [-0.05, 0) is 17.7 Å². The number of fused-ring (bicyclic) bond motifs is 1. The summed E-state index contributed by atoms with van der Waals surface area (Å²) in [5.74, 6) is 0. The Hall–Kier alpha value is -1.58. The fourth-order valence-electron chi connectivity index (χ4n) is 1.81. The summed E-state index contributed by atoms with van der Waals surface area (Å²) >= 11 is 12.1. The van der Waals surface area contributed by atoms with Crippen molar-refractivity contribution in [3.05, 3.63) is 47.0 Å². The van der Waals surface area contributed by atoms with Crippen LogP contribution in [0.3, 0.4) is 0 Å². The van der Waals surface area contributed by atoms with Crippen molar-refractivity contribution in [1.82, 2.24) is 15.0 Å². The van der Waals surface area contributed by atoms with Gasteiger partial charge in [-0.3, -0.25) is 0 Å². The molecule has 3 rings (SSSR count). The summed E-state index contributed by atoms with van der Waals surface area (Å²) in [7, 11) is 0. The number of hydrogen-bond donors (Lipinski definition) is 1. The molecular formula is C14H13Cl2N3. The van der Waals surface area contributed by atoms with E-state index in [9.17, 15) is 0 Å². The predicted molar refractivity (Wildman–Crippen MR) is 80.7 cm³/mol. The Morgan fingerprint density at radius 3 is 2.63 bits per heavy atom. The maximum Gasteiger partial charge on any atom is 0.142 e. The monoisotopic (exact) mass is 293 g/mol. The third kappa shape index (κ3) is 2.72. The van der Waals surface area contributed by atoms with Gasteiger partial charge in [0.15, 0.2) is 0 Å². The maximum atomic E-state index is 6.09. The second kappa shape index (κ2) is 6.04. The Kier molecular flexibility index (Phi) is 4.40. The number of aromatic nitrogens is 3. The standard InChI is InChI=1S/C12H7Cl2N3.C2H6/c13-8-3-1-2-7(4-8)9-5-15-12-10(9)11(14)16-6-17-12;1-2/h1-6H,(H,15,16,17);1-2H3. The highest BCUT2D eigenvalue weighted by Crippen LogP contribution is 2.32. The van der Waals surface area contributed by atoms with Crippen LogP contribution in [0.25, 0.3) is 22.2 Å². The summed E-state index contributed by atoms with van der Waals surface area (Å²) in [4.78, 5) is 11.2. The van der Waals surface area contributed by atoms with Crippen molar-refractivity contribution in [2.75, 3.05) is 0 Å². The van der Waals surface area contributed by atoms with Gasteiger partial charge in [0.2, 0.25) is 0 Å². The number of benzene rings is 1. The van der Waals surface area contributed by atoms with Crippen LogP contribution in [0.5, 0.6) is 0 Å². The van der Waals surface area contributed by atoms with Crippen LogP contribution in [-0.2, 0) is 0 Å². The highest BCUT2D eigenvalue weighted by Gasteiger charge is 2.11. The molecule has 0 aliphatic carbocycles. The molecule has 2 aromatic heterocycles. The molecule has 2 heterocycles. The van der Waals surface area contributed by atoms with Gasteiger partial charge in [0.05, 0.1) is 5.39 Å². The molecule has 3 nitrogen and oxygen atoms in total. The van der Waals surface area contributed by atoms with Crippen LogP contribution in [0.2, 0.25) is 10.2 Å². The third-order valence-corrected chi connectivity index (χ3v) is 3.08. The number of nitrogens with one attached hydrogen (secondary N) is 1. The molecule has 0 fully saturated rings. The van der Waals surface area contributed by atoms with E-state index in [0.717, 1.165) is 22.2 Å². The van der Waals surface area contributed by atoms with E-state index in [0.29, 0.717) is 10.2 Å². The molecule has 0 atom stereocenters. The third-order valence-electron chi connectivity index (χ3n) is 2.56. The summed E-state index contributed by atoms with van der Waals surface area (Å²) in [6.07, 6.45) is 3.29. The number of nitrogens with zero attached hydrogens (tertiary/aromatic N) is 2. The smallest absolute Gasteiger partial charge is 0.142 e. The highest BCUT2D eigenvalue weighted by molar-refractivity contribution is 6.35. The van der Waals surface area contributed by atoms with E-state index >= 15 is 0 Å². The van der Waals surface area contributed by atoms with Crippen molar-refractivity contribution in [2.45, 2.75) is 13.8 Å². The minimum absolute atomic E-state index is 0.436. The Balaban J connectivity index is 0.000000637. The van der Waals surface area contributed by atoms with E-state index in [1.165, 1.54) is 6.33 Å². The van der Waals surface area contributed by atoms with Gasteiger partial charge in [0.1, 0.15) is 17.1 Å². The topological polar surface area (TPSA) is 41.6 Å². The lowest BCUT2D eigenvalue weighted by Gasteiger charge is -2.00. The summed E-state index contributed by atoms with van der Waals surface area (Å²) in [6, 6.07) is 7.58. The molecule has 0 spiro atoms. The van der Waals surface area contributed by atoms with Gasteiger partial charge in [-0.25, -0.2) is 9.97 Å². The van der Waals surface area contributed by atoms with E-state index < -0.39 is 0 Å². The van der Waals surface area contributed by atoms with Crippen molar-refractivity contribution >= 4 is 34.2 Å². The van der Waals surface area contributed by atoms with Crippen molar-refractivity contribution in [3.8, 4) is 11.1 Å². The molecule has 0 bridgehead atoms. The molecule has 0 aliphatic heterocycles. The van der Waals surface area contributed by atoms with Gasteiger partial charge in [0.25, 0.3) is 0 Å². The number of halogens is 2. The average Bonchev–Trinajstić information content (AvgIpc) is 2.86. The second-order valence-electron chi connectivity index (χ2n) is 3.60. The summed E-state index contributed by atoms with van der Waals surface area (Å²) in [5, 5.41) is 1.94. The van der Waals surface area contributed by atoms with Crippen molar-refractivity contribution < 1.29 is 0 Å². The van der Waals surface area contributed by atoms with Gasteiger partial charge in [-0.2, -0.15) is 0 Å². The zero-order chi connectivity index (χ0) is 13.8. The van der Waals surface area contributed by atoms with Crippen molar-refractivity contribution in [3.63, 3.8) is 0 Å². The maximum absolute atomic E-state index is 6.09. The van der Waals surface area contributed by atoms with E-state index in [4.69, 9.17) is 23.2 Å². The van der Waals surface area contributed by atoms with Crippen LogP contribution in [-0.4, -0.2) is 15.0 Å². The van der Waals surface area contributed by atoms with E-state index in [1.54, 1.807) is 0 Å². The lowest BCUT2D eigenvalue weighted by atomic mass is 10.1. The second-order valence-corrected chi connectivity index (χ2v) is 4.40. The highest BCUT2D eigenvalue weighted by atomic mass is 35.5. The van der Waals surface area contributed by atoms with Crippen LogP contribution in [0, 0.1) is 0 Å². The van der Waals surface area contributed by atoms with Gasteiger partial charge >= 0.3 is 0 Å². The van der Waals surface area contributed by atoms with Crippen LogP contribution in [0.15, 0.2) is 36.8 Å². The first-order valence-corrected chi connectivity index (χ1v) is 6.75. The quantitative estimate of drug-likeness (QED) is 0.645. The number of rotatable bonds is 1. The number of aromatic amines is 1. The molecule has 3 aromatic rings. The Bertz CT molecular complexity index is 692. The Labute approximate surface area is 121 Å². The fraction of sp³-hybridized carbons (Fsp3) is 0.143. The SMILES string of the molecule is CC.Clc1cccc(-c2c[nH]c3ncnc(Cl)c23)c1. The largest absolute Gasteiger partial charge is 0.345 e. The van der Waals surface area contributed by atoms with E-state index in [-0.39, 0.29) is 0 Å². The van der Waals surface area contributed by atoms with Crippen LogP contribution in [0.4, 0.5) is 0 Å².